The lowest BCUT2D eigenvalue weighted by molar-refractivity contribution is 0.188. The van der Waals surface area contributed by atoms with Crippen LogP contribution in [0.15, 0.2) is 169 Å². The quantitative estimate of drug-likeness (QED) is 0.110. The van der Waals surface area contributed by atoms with E-state index in [9.17, 15) is 4.57 Å². The lowest BCUT2D eigenvalue weighted by Gasteiger charge is -2.38. The maximum absolute atomic E-state index is 15.7. The van der Waals surface area contributed by atoms with Crippen molar-refractivity contribution in [2.75, 3.05) is 20.1 Å². The Morgan fingerprint density at radius 1 is 0.796 bits per heavy atom. The summed E-state index contributed by atoms with van der Waals surface area (Å²) < 4.78 is 32.2. The Morgan fingerprint density at radius 3 is 2.10 bits per heavy atom. The van der Waals surface area contributed by atoms with E-state index in [4.69, 9.17) is 0 Å². The van der Waals surface area contributed by atoms with E-state index in [0.717, 1.165) is 22.9 Å². The van der Waals surface area contributed by atoms with E-state index in [1.807, 2.05) is 24.3 Å². The molecule has 1 fully saturated rings. The third kappa shape index (κ3) is 7.26. The molecule has 0 saturated carbocycles. The molecule has 7 atom stereocenters. The van der Waals surface area contributed by atoms with Crippen molar-refractivity contribution in [3.05, 3.63) is 191 Å². The zero-order chi connectivity index (χ0) is 33.6. The molecule has 0 aromatic heterocycles. The summed E-state index contributed by atoms with van der Waals surface area (Å²) in [5.74, 6) is 0.126. The van der Waals surface area contributed by atoms with Crippen molar-refractivity contribution in [3.8, 4) is 0 Å². The maximum atomic E-state index is 15.7. The molecule has 0 radical (unpaired) electrons. The fraction of sp³-hybridized carbons (Fsp3) is 0.256. The molecule has 0 N–H and O–H groups in total. The Balaban J connectivity index is 1.22. The van der Waals surface area contributed by atoms with Gasteiger partial charge in [-0.05, 0) is 41.0 Å². The molecular weight excluding hydrogens is 638 g/mol. The van der Waals surface area contributed by atoms with Crippen molar-refractivity contribution in [1.82, 2.24) is 9.57 Å². The molecule has 0 amide bonds. The maximum Gasteiger partial charge on any atom is 0.162 e. The highest BCUT2D eigenvalue weighted by molar-refractivity contribution is 7.62. The summed E-state index contributed by atoms with van der Waals surface area (Å²) in [6.45, 7) is 1.37. The molecule has 1 saturated heterocycles. The van der Waals surface area contributed by atoms with Crippen LogP contribution in [-0.4, -0.2) is 35.4 Å². The zero-order valence-electron chi connectivity index (χ0n) is 28.2. The van der Waals surface area contributed by atoms with E-state index in [0.29, 0.717) is 25.4 Å². The van der Waals surface area contributed by atoms with Crippen LogP contribution in [0.2, 0.25) is 0 Å². The van der Waals surface area contributed by atoms with Crippen LogP contribution in [0.4, 0.5) is 0 Å². The Morgan fingerprint density at radius 2 is 1.41 bits per heavy atom. The third-order valence-electron chi connectivity index (χ3n) is 10.5. The second-order valence-electron chi connectivity index (χ2n) is 13.5. The van der Waals surface area contributed by atoms with E-state index >= 15 is 4.57 Å². The van der Waals surface area contributed by atoms with Crippen molar-refractivity contribution < 1.29 is 9.13 Å². The smallest absolute Gasteiger partial charge is 0.162 e. The number of rotatable bonds is 12. The molecule has 4 aromatic rings. The van der Waals surface area contributed by atoms with E-state index in [1.54, 1.807) is 0 Å². The van der Waals surface area contributed by atoms with Gasteiger partial charge < -0.3 is 9.13 Å². The monoisotopic (exact) mass is 684 g/mol. The Hall–Kier alpha value is -3.78. The van der Waals surface area contributed by atoms with Crippen molar-refractivity contribution in [1.29, 1.82) is 0 Å². The molecule has 1 heterocycles. The molecule has 4 nitrogen and oxygen atoms in total. The first-order valence-electron chi connectivity index (χ1n) is 17.5. The highest BCUT2D eigenvalue weighted by atomic mass is 31.2. The van der Waals surface area contributed by atoms with E-state index in [-0.39, 0.29) is 29.6 Å². The van der Waals surface area contributed by atoms with Gasteiger partial charge in [0.05, 0.1) is 5.66 Å². The fourth-order valence-electron chi connectivity index (χ4n) is 8.19. The molecule has 0 spiro atoms. The van der Waals surface area contributed by atoms with Gasteiger partial charge in [0.1, 0.15) is 7.80 Å². The highest BCUT2D eigenvalue weighted by Crippen LogP contribution is 2.71. The summed E-state index contributed by atoms with van der Waals surface area (Å²) >= 11 is 0. The van der Waals surface area contributed by atoms with Gasteiger partial charge in [0, 0.05) is 49.3 Å². The van der Waals surface area contributed by atoms with Gasteiger partial charge in [-0.2, -0.15) is 0 Å². The summed E-state index contributed by atoms with van der Waals surface area (Å²) in [5, 5.41) is 1.07. The zero-order valence-corrected chi connectivity index (χ0v) is 30.1. The van der Waals surface area contributed by atoms with Gasteiger partial charge in [0.15, 0.2) is 7.29 Å². The lowest BCUT2D eigenvalue weighted by Crippen LogP contribution is -2.37. The lowest BCUT2D eigenvalue weighted by atomic mass is 9.87. The summed E-state index contributed by atoms with van der Waals surface area (Å²) in [5.41, 5.74) is 4.61. The summed E-state index contributed by atoms with van der Waals surface area (Å²) in [6.07, 6.45) is 17.3. The molecule has 1 unspecified atom stereocenters. The number of nitrogens with zero attached hydrogens (tertiary/aromatic N) is 2. The molecular formula is C43H46N2O2P2. The van der Waals surface area contributed by atoms with Crippen LogP contribution in [0, 0.1) is 11.8 Å². The van der Waals surface area contributed by atoms with Gasteiger partial charge in [-0.1, -0.05) is 164 Å². The average Bonchev–Trinajstić information content (AvgIpc) is 3.39. The Labute approximate surface area is 292 Å². The number of hydrogen-bond acceptors (Lipinski definition) is 3. The minimum Gasteiger partial charge on any atom is -0.322 e. The standard InChI is InChI=1S/C43H46N2O2P2/c1-44(42(36-22-10-4-11-23-36)38-26-14-16-28-40(38)48(46)32-34-18-6-2-7-19-34)30-31-45-43(37-24-12-5-13-25-37)39-27-15-17-29-41(39)49(45,47)33-35-20-8-3-9-21-35/h2-15,17-29,38-39,41-43,48H,16,30-33H2,1H3/t38-,39-,41+,42+,43+,49+/m0/s1. The predicted octanol–water partition coefficient (Wildman–Crippen LogP) is 10.5. The molecule has 250 valence electrons. The minimum absolute atomic E-state index is 0.00989. The van der Waals surface area contributed by atoms with Gasteiger partial charge in [-0.15, -0.1) is 0 Å². The number of likely N-dealkylation sites (N-methyl/N-ethyl adjacent to an activating group) is 1. The van der Waals surface area contributed by atoms with Gasteiger partial charge >= 0.3 is 0 Å². The Kier molecular flexibility index (Phi) is 10.6. The van der Waals surface area contributed by atoms with Crippen LogP contribution in [0.1, 0.15) is 40.8 Å². The van der Waals surface area contributed by atoms with Crippen molar-refractivity contribution in [2.45, 2.75) is 36.5 Å². The molecule has 1 aliphatic heterocycles. The number of fused-ring (bicyclic) bond motifs is 1. The Bertz CT molecular complexity index is 1890. The molecule has 6 heteroatoms. The summed E-state index contributed by atoms with van der Waals surface area (Å²) in [4.78, 5) is 2.42. The second kappa shape index (κ2) is 15.4. The number of allylic oxidation sites excluding steroid dienone is 5. The summed E-state index contributed by atoms with van der Waals surface area (Å²) in [7, 11) is -2.78. The molecule has 4 aromatic carbocycles. The first-order chi connectivity index (χ1) is 24.0. The van der Waals surface area contributed by atoms with E-state index in [1.165, 1.54) is 11.1 Å². The summed E-state index contributed by atoms with van der Waals surface area (Å²) in [6, 6.07) is 41.9. The highest BCUT2D eigenvalue weighted by Gasteiger charge is 2.55. The molecule has 49 heavy (non-hydrogen) atoms. The van der Waals surface area contributed by atoms with Gasteiger partial charge in [0.25, 0.3) is 0 Å². The number of benzene rings is 4. The predicted molar refractivity (Wildman–Crippen MR) is 205 cm³/mol. The van der Waals surface area contributed by atoms with E-state index < -0.39 is 15.1 Å². The van der Waals surface area contributed by atoms with Crippen LogP contribution >= 0.6 is 15.1 Å². The molecule has 3 aliphatic rings. The van der Waals surface area contributed by atoms with Crippen LogP contribution in [-0.2, 0) is 21.5 Å². The first kappa shape index (κ1) is 33.7. The fourth-order valence-corrected chi connectivity index (χ4v) is 13.7. The molecule has 7 rings (SSSR count). The van der Waals surface area contributed by atoms with Crippen molar-refractivity contribution in [3.63, 3.8) is 0 Å². The third-order valence-corrected chi connectivity index (χ3v) is 16.0. The molecule has 0 bridgehead atoms. The largest absolute Gasteiger partial charge is 0.322 e. The average molecular weight is 685 g/mol. The van der Waals surface area contributed by atoms with Gasteiger partial charge in [-0.3, -0.25) is 4.90 Å². The first-order valence-corrected chi connectivity index (χ1v) is 21.0. The minimum atomic E-state index is -2.91. The van der Waals surface area contributed by atoms with Crippen LogP contribution < -0.4 is 0 Å². The van der Waals surface area contributed by atoms with Crippen molar-refractivity contribution >= 4 is 15.1 Å². The SMILES string of the molecule is CN(CCN1[C@H](c2ccccc2)[C@H]2C=CC=C[C@H]2[P@]1(=O)Cc1ccccc1)[C@H](c1ccccc1)[C@H]1C=CCC=C1[PH](=O)Cc1ccccc1. The van der Waals surface area contributed by atoms with Crippen LogP contribution in [0.5, 0.6) is 0 Å². The van der Waals surface area contributed by atoms with Crippen molar-refractivity contribution in [2.24, 2.45) is 11.8 Å². The van der Waals surface area contributed by atoms with Gasteiger partial charge in [-0.25, -0.2) is 4.67 Å². The topological polar surface area (TPSA) is 40.6 Å². The van der Waals surface area contributed by atoms with E-state index in [2.05, 4.69) is 156 Å². The van der Waals surface area contributed by atoms with Crippen LogP contribution in [0.3, 0.4) is 0 Å². The number of hydrogen-bond donors (Lipinski definition) is 0. The van der Waals surface area contributed by atoms with Crippen LogP contribution in [0.25, 0.3) is 0 Å². The second-order valence-corrected chi connectivity index (χ2v) is 18.2. The normalized spacial score (nSPS) is 26.0. The van der Waals surface area contributed by atoms with Gasteiger partial charge in [0.2, 0.25) is 0 Å². The molecule has 2 aliphatic carbocycles.